The van der Waals surface area contributed by atoms with Crippen molar-refractivity contribution in [2.24, 2.45) is 4.99 Å². The Balaban J connectivity index is 2.02. The van der Waals surface area contributed by atoms with Crippen LogP contribution in [-0.4, -0.2) is 46.5 Å². The number of fused-ring (bicyclic) bond motifs is 1. The molecule has 0 atom stereocenters. The lowest BCUT2D eigenvalue weighted by atomic mass is 10.1. The van der Waals surface area contributed by atoms with Crippen LogP contribution < -0.4 is 19.0 Å². The highest BCUT2D eigenvalue weighted by Crippen LogP contribution is 2.38. The first-order valence-corrected chi connectivity index (χ1v) is 12.3. The van der Waals surface area contributed by atoms with Gasteiger partial charge in [0.2, 0.25) is 5.75 Å². The van der Waals surface area contributed by atoms with E-state index in [1.165, 1.54) is 44.8 Å². The fraction of sp³-hybridized carbons (Fsp3) is 0.217. The first kappa shape index (κ1) is 24.1. The van der Waals surface area contributed by atoms with E-state index in [9.17, 15) is 13.2 Å². The highest BCUT2D eigenvalue weighted by atomic mass is 32.2. The second-order valence-electron chi connectivity index (χ2n) is 6.82. The van der Waals surface area contributed by atoms with Gasteiger partial charge in [0, 0.05) is 12.3 Å². The van der Waals surface area contributed by atoms with Crippen molar-refractivity contribution in [2.45, 2.75) is 11.4 Å². The van der Waals surface area contributed by atoms with Crippen molar-refractivity contribution in [2.75, 3.05) is 27.6 Å². The summed E-state index contributed by atoms with van der Waals surface area (Å²) in [6.07, 6.45) is 9.52. The van der Waals surface area contributed by atoms with Crippen molar-refractivity contribution in [1.29, 1.82) is 0 Å². The van der Waals surface area contributed by atoms with E-state index < -0.39 is 15.7 Å². The third-order valence-electron chi connectivity index (χ3n) is 4.64. The van der Waals surface area contributed by atoms with E-state index in [0.29, 0.717) is 37.8 Å². The number of ether oxygens (including phenoxy) is 3. The van der Waals surface area contributed by atoms with E-state index >= 15 is 0 Å². The molecule has 0 aliphatic rings. The molecule has 172 valence electrons. The highest BCUT2D eigenvalue weighted by molar-refractivity contribution is 7.90. The molecule has 0 fully saturated rings. The Labute approximate surface area is 195 Å². The highest BCUT2D eigenvalue weighted by Gasteiger charge is 2.13. The fourth-order valence-corrected chi connectivity index (χ4v) is 4.91. The molecule has 3 aromatic rings. The molecule has 0 saturated carbocycles. The minimum Gasteiger partial charge on any atom is -0.493 e. The SMILES string of the molecule is C#CCn1c(=NC(=O)/C=C\c2cc(OC)c(OC)c(OC)c2)sc2cc(S(C)(=O)=O)ccc21. The van der Waals surface area contributed by atoms with Gasteiger partial charge in [-0.1, -0.05) is 17.3 Å². The monoisotopic (exact) mass is 486 g/mol. The number of carbonyl (C=O) groups is 1. The van der Waals surface area contributed by atoms with Gasteiger partial charge in [-0.05, 0) is 42.0 Å². The fourth-order valence-electron chi connectivity index (χ4n) is 3.11. The summed E-state index contributed by atoms with van der Waals surface area (Å²) in [5, 5.41) is 0. The van der Waals surface area contributed by atoms with Gasteiger partial charge < -0.3 is 18.8 Å². The molecular weight excluding hydrogens is 464 g/mol. The van der Waals surface area contributed by atoms with Crippen LogP contribution in [0.15, 0.2) is 46.3 Å². The molecule has 10 heteroatoms. The maximum atomic E-state index is 12.6. The number of methoxy groups -OCH3 is 3. The normalized spacial score (nSPS) is 12.2. The van der Waals surface area contributed by atoms with Crippen LogP contribution in [0, 0.1) is 12.3 Å². The lowest BCUT2D eigenvalue weighted by Crippen LogP contribution is -2.15. The number of benzene rings is 2. The number of sulfone groups is 1. The summed E-state index contributed by atoms with van der Waals surface area (Å²) in [4.78, 5) is 17.3. The number of nitrogens with zero attached hydrogens (tertiary/aromatic N) is 2. The summed E-state index contributed by atoms with van der Waals surface area (Å²) in [5.74, 6) is 3.39. The Hall–Kier alpha value is -3.55. The van der Waals surface area contributed by atoms with Gasteiger partial charge >= 0.3 is 0 Å². The van der Waals surface area contributed by atoms with Gasteiger partial charge in [0.15, 0.2) is 26.1 Å². The minimum atomic E-state index is -3.37. The Morgan fingerprint density at radius 2 is 1.82 bits per heavy atom. The van der Waals surface area contributed by atoms with Crippen LogP contribution in [0.1, 0.15) is 5.56 Å². The van der Waals surface area contributed by atoms with E-state index in [4.69, 9.17) is 20.6 Å². The first-order chi connectivity index (χ1) is 15.7. The number of rotatable bonds is 7. The topological polar surface area (TPSA) is 96.2 Å². The van der Waals surface area contributed by atoms with Crippen LogP contribution >= 0.6 is 11.3 Å². The molecule has 8 nitrogen and oxygen atoms in total. The van der Waals surface area contributed by atoms with Crippen molar-refractivity contribution in [3.05, 3.63) is 46.8 Å². The molecule has 1 aromatic heterocycles. The van der Waals surface area contributed by atoms with E-state index in [0.717, 1.165) is 6.26 Å². The number of amides is 1. The predicted octanol–water partition coefficient (Wildman–Crippen LogP) is 2.91. The molecule has 0 radical (unpaired) electrons. The predicted molar refractivity (Wildman–Crippen MR) is 127 cm³/mol. The second-order valence-corrected chi connectivity index (χ2v) is 9.84. The van der Waals surface area contributed by atoms with Crippen molar-refractivity contribution < 1.29 is 27.4 Å². The van der Waals surface area contributed by atoms with Crippen molar-refractivity contribution in [1.82, 2.24) is 4.57 Å². The van der Waals surface area contributed by atoms with E-state index in [2.05, 4.69) is 10.9 Å². The zero-order valence-corrected chi connectivity index (χ0v) is 20.1. The van der Waals surface area contributed by atoms with Crippen LogP contribution in [0.4, 0.5) is 0 Å². The molecule has 0 spiro atoms. The second kappa shape index (κ2) is 9.94. The van der Waals surface area contributed by atoms with Gasteiger partial charge in [-0.2, -0.15) is 4.99 Å². The van der Waals surface area contributed by atoms with Crippen LogP contribution in [0.3, 0.4) is 0 Å². The quantitative estimate of drug-likeness (QED) is 0.376. The first-order valence-electron chi connectivity index (χ1n) is 9.55. The van der Waals surface area contributed by atoms with E-state index in [1.807, 2.05) is 0 Å². The van der Waals surface area contributed by atoms with Crippen LogP contribution in [0.5, 0.6) is 17.2 Å². The molecule has 0 unspecified atom stereocenters. The zero-order valence-electron chi connectivity index (χ0n) is 18.5. The van der Waals surface area contributed by atoms with Gasteiger partial charge in [0.25, 0.3) is 5.91 Å². The third kappa shape index (κ3) is 5.27. The molecule has 0 saturated heterocycles. The van der Waals surface area contributed by atoms with Crippen LogP contribution in [0.25, 0.3) is 16.3 Å². The van der Waals surface area contributed by atoms with Crippen molar-refractivity contribution >= 4 is 43.4 Å². The summed E-state index contributed by atoms with van der Waals surface area (Å²) in [5.41, 5.74) is 1.35. The smallest absolute Gasteiger partial charge is 0.272 e. The Morgan fingerprint density at radius 1 is 1.15 bits per heavy atom. The minimum absolute atomic E-state index is 0.181. The molecule has 0 aliphatic heterocycles. The van der Waals surface area contributed by atoms with Gasteiger partial charge in [-0.3, -0.25) is 4.79 Å². The van der Waals surface area contributed by atoms with Crippen LogP contribution in [-0.2, 0) is 21.2 Å². The summed E-state index contributed by atoms with van der Waals surface area (Å²) in [6.45, 7) is 0.181. The van der Waals surface area contributed by atoms with Crippen LogP contribution in [0.2, 0.25) is 0 Å². The zero-order chi connectivity index (χ0) is 24.2. The lowest BCUT2D eigenvalue weighted by Gasteiger charge is -2.12. The van der Waals surface area contributed by atoms with Gasteiger partial charge in [0.05, 0.1) is 43.0 Å². The standard InChI is InChI=1S/C23H22N2O6S2/c1-6-11-25-17-9-8-16(33(5,27)28)14-20(17)32-23(25)24-21(26)10-7-15-12-18(29-2)22(31-4)19(13-15)30-3/h1,7-10,12-14H,11H2,2-5H3/b10-7-,24-23?. The number of carbonyl (C=O) groups excluding carboxylic acids is 1. The maximum absolute atomic E-state index is 12.6. The molecule has 33 heavy (non-hydrogen) atoms. The molecule has 1 amide bonds. The Bertz CT molecular complexity index is 1430. The number of hydrogen-bond acceptors (Lipinski definition) is 7. The number of terminal acetylenes is 1. The number of thiazole rings is 1. The van der Waals surface area contributed by atoms with Crippen molar-refractivity contribution in [3.63, 3.8) is 0 Å². The number of hydrogen-bond donors (Lipinski definition) is 0. The third-order valence-corrected chi connectivity index (χ3v) is 6.79. The molecule has 3 rings (SSSR count). The summed E-state index contributed by atoms with van der Waals surface area (Å²) >= 11 is 1.19. The molecule has 2 aromatic carbocycles. The molecule has 0 bridgehead atoms. The number of aromatic nitrogens is 1. The molecule has 0 N–H and O–H groups in total. The molecule has 1 heterocycles. The Kier molecular flexibility index (Phi) is 7.26. The lowest BCUT2D eigenvalue weighted by molar-refractivity contribution is -0.113. The van der Waals surface area contributed by atoms with E-state index in [1.54, 1.807) is 34.9 Å². The van der Waals surface area contributed by atoms with Gasteiger partial charge in [-0.15, -0.1) is 6.42 Å². The van der Waals surface area contributed by atoms with Gasteiger partial charge in [-0.25, -0.2) is 8.42 Å². The van der Waals surface area contributed by atoms with Gasteiger partial charge in [0.1, 0.15) is 0 Å². The molecule has 0 aliphatic carbocycles. The largest absolute Gasteiger partial charge is 0.493 e. The Morgan fingerprint density at radius 3 is 2.36 bits per heavy atom. The average molecular weight is 487 g/mol. The summed E-state index contributed by atoms with van der Waals surface area (Å²) < 4.78 is 42.0. The summed E-state index contributed by atoms with van der Waals surface area (Å²) in [6, 6.07) is 8.13. The maximum Gasteiger partial charge on any atom is 0.272 e. The van der Waals surface area contributed by atoms with Crippen molar-refractivity contribution in [3.8, 4) is 29.6 Å². The average Bonchev–Trinajstić information content (AvgIpc) is 3.12. The summed E-state index contributed by atoms with van der Waals surface area (Å²) in [7, 11) is 1.15. The molecular formula is C23H22N2O6S2. The van der Waals surface area contributed by atoms with E-state index in [-0.39, 0.29) is 11.4 Å².